The zero-order valence-electron chi connectivity index (χ0n) is 11.7. The van der Waals surface area contributed by atoms with Crippen LogP contribution in [0.3, 0.4) is 0 Å². The first kappa shape index (κ1) is 14.7. The van der Waals surface area contributed by atoms with Crippen molar-refractivity contribution in [1.82, 2.24) is 0 Å². The first-order valence-corrected chi connectivity index (χ1v) is 7.44. The second-order valence-corrected chi connectivity index (χ2v) is 6.17. The van der Waals surface area contributed by atoms with E-state index < -0.39 is 11.7 Å². The molecular formula is C16H19F3O2. The maximum atomic E-state index is 12.5. The van der Waals surface area contributed by atoms with E-state index in [0.717, 1.165) is 37.8 Å². The fraction of sp³-hybridized carbons (Fsp3) is 0.625. The minimum absolute atomic E-state index is 0.0791. The molecule has 2 atom stereocenters. The smallest absolute Gasteiger partial charge is 0.416 e. The highest BCUT2D eigenvalue weighted by Gasteiger charge is 2.56. The topological polar surface area (TPSA) is 29.5 Å². The molecule has 21 heavy (non-hydrogen) atoms. The van der Waals surface area contributed by atoms with Gasteiger partial charge in [-0.05, 0) is 37.1 Å². The molecule has 2 aliphatic carbocycles. The van der Waals surface area contributed by atoms with Gasteiger partial charge in [0.1, 0.15) is 11.9 Å². The Morgan fingerprint density at radius 2 is 1.67 bits per heavy atom. The maximum absolute atomic E-state index is 12.5. The molecule has 2 saturated carbocycles. The highest BCUT2D eigenvalue weighted by atomic mass is 19.4. The molecule has 116 valence electrons. The Kier molecular flexibility index (Phi) is 3.64. The zero-order valence-corrected chi connectivity index (χ0v) is 11.7. The monoisotopic (exact) mass is 300 g/mol. The summed E-state index contributed by atoms with van der Waals surface area (Å²) in [7, 11) is 0. The van der Waals surface area contributed by atoms with Gasteiger partial charge in [-0.3, -0.25) is 0 Å². The number of halogens is 3. The van der Waals surface area contributed by atoms with E-state index in [0.29, 0.717) is 12.2 Å². The van der Waals surface area contributed by atoms with Gasteiger partial charge in [0.05, 0.1) is 11.7 Å². The van der Waals surface area contributed by atoms with Crippen molar-refractivity contribution in [1.29, 1.82) is 0 Å². The van der Waals surface area contributed by atoms with Crippen molar-refractivity contribution in [2.75, 3.05) is 0 Å². The third kappa shape index (κ3) is 2.63. The van der Waals surface area contributed by atoms with Crippen LogP contribution in [0.25, 0.3) is 0 Å². The fourth-order valence-corrected chi connectivity index (χ4v) is 3.64. The quantitative estimate of drug-likeness (QED) is 0.888. The number of benzene rings is 1. The minimum atomic E-state index is -4.32. The Morgan fingerprint density at radius 1 is 1.05 bits per heavy atom. The largest absolute Gasteiger partial charge is 0.490 e. The van der Waals surface area contributed by atoms with Gasteiger partial charge in [-0.1, -0.05) is 19.3 Å². The average Bonchev–Trinajstić information content (AvgIpc) is 2.47. The summed E-state index contributed by atoms with van der Waals surface area (Å²) in [5.41, 5.74) is -0.850. The van der Waals surface area contributed by atoms with Crippen molar-refractivity contribution in [3.63, 3.8) is 0 Å². The van der Waals surface area contributed by atoms with Crippen LogP contribution in [0, 0.1) is 5.41 Å². The summed E-state index contributed by atoms with van der Waals surface area (Å²) in [6, 6.07) is 4.81. The van der Waals surface area contributed by atoms with E-state index in [2.05, 4.69) is 0 Å². The lowest BCUT2D eigenvalue weighted by molar-refractivity contribution is -0.172. The predicted octanol–water partition coefficient (Wildman–Crippen LogP) is 4.17. The van der Waals surface area contributed by atoms with Gasteiger partial charge < -0.3 is 9.84 Å². The van der Waals surface area contributed by atoms with E-state index in [1.807, 2.05) is 0 Å². The Hall–Kier alpha value is -1.23. The van der Waals surface area contributed by atoms with Gasteiger partial charge >= 0.3 is 6.18 Å². The van der Waals surface area contributed by atoms with Gasteiger partial charge in [0.15, 0.2) is 0 Å². The molecule has 1 spiro atoms. The van der Waals surface area contributed by atoms with Crippen molar-refractivity contribution in [2.24, 2.45) is 5.41 Å². The zero-order chi connectivity index (χ0) is 15.1. The van der Waals surface area contributed by atoms with E-state index >= 15 is 0 Å². The standard InChI is InChI=1S/C16H19F3O2/c17-16(18,19)11-4-6-12(7-5-11)21-14-10-13(20)15(14)8-2-1-3-9-15/h4-7,13-14,20H,1-3,8-10H2. The summed E-state index contributed by atoms with van der Waals surface area (Å²) in [4.78, 5) is 0. The number of aliphatic hydroxyl groups is 1. The molecule has 2 aliphatic rings. The van der Waals surface area contributed by atoms with Crippen LogP contribution in [0.1, 0.15) is 44.1 Å². The Labute approximate surface area is 121 Å². The molecule has 1 aromatic rings. The molecule has 1 N–H and O–H groups in total. The summed E-state index contributed by atoms with van der Waals surface area (Å²) in [6.45, 7) is 0. The van der Waals surface area contributed by atoms with E-state index in [1.165, 1.54) is 18.6 Å². The molecule has 1 aromatic carbocycles. The van der Waals surface area contributed by atoms with Gasteiger partial charge in [-0.15, -0.1) is 0 Å². The molecule has 0 heterocycles. The van der Waals surface area contributed by atoms with Crippen LogP contribution in [0.2, 0.25) is 0 Å². The first-order chi connectivity index (χ1) is 9.92. The van der Waals surface area contributed by atoms with Crippen molar-refractivity contribution in [3.05, 3.63) is 29.8 Å². The number of rotatable bonds is 2. The Bertz CT molecular complexity index is 489. The van der Waals surface area contributed by atoms with Crippen LogP contribution in [0.5, 0.6) is 5.75 Å². The van der Waals surface area contributed by atoms with E-state index in [1.54, 1.807) is 0 Å². The molecule has 0 amide bonds. The molecule has 0 bridgehead atoms. The van der Waals surface area contributed by atoms with Crippen molar-refractivity contribution in [3.8, 4) is 5.75 Å². The Balaban J connectivity index is 1.69. The summed E-state index contributed by atoms with van der Waals surface area (Å²) < 4.78 is 43.4. The molecule has 0 aliphatic heterocycles. The van der Waals surface area contributed by atoms with Gasteiger partial charge in [-0.25, -0.2) is 0 Å². The predicted molar refractivity (Wildman–Crippen MR) is 72.0 cm³/mol. The SMILES string of the molecule is OC1CC(Oc2ccc(C(F)(F)F)cc2)C12CCCCC2. The molecule has 0 radical (unpaired) electrons. The van der Waals surface area contributed by atoms with Crippen LogP contribution in [0.15, 0.2) is 24.3 Å². The second kappa shape index (κ2) is 5.20. The highest BCUT2D eigenvalue weighted by molar-refractivity contribution is 5.29. The van der Waals surface area contributed by atoms with Gasteiger partial charge in [0.2, 0.25) is 0 Å². The molecule has 3 rings (SSSR count). The highest BCUT2D eigenvalue weighted by Crippen LogP contribution is 2.53. The third-order valence-corrected chi connectivity index (χ3v) is 4.99. The van der Waals surface area contributed by atoms with Gasteiger partial charge in [-0.2, -0.15) is 13.2 Å². The molecule has 2 fully saturated rings. The average molecular weight is 300 g/mol. The van der Waals surface area contributed by atoms with Crippen molar-refractivity contribution < 1.29 is 23.0 Å². The first-order valence-electron chi connectivity index (χ1n) is 7.44. The van der Waals surface area contributed by atoms with Gasteiger partial charge in [0, 0.05) is 11.8 Å². The number of hydrogen-bond donors (Lipinski definition) is 1. The van der Waals surface area contributed by atoms with Crippen LogP contribution >= 0.6 is 0 Å². The lowest BCUT2D eigenvalue weighted by atomic mass is 9.56. The van der Waals surface area contributed by atoms with Crippen LogP contribution < -0.4 is 4.74 Å². The number of ether oxygens (including phenoxy) is 1. The number of alkyl halides is 3. The maximum Gasteiger partial charge on any atom is 0.416 e. The Morgan fingerprint density at radius 3 is 2.19 bits per heavy atom. The van der Waals surface area contributed by atoms with Crippen molar-refractivity contribution >= 4 is 0 Å². The molecular weight excluding hydrogens is 281 g/mol. The van der Waals surface area contributed by atoms with E-state index in [4.69, 9.17) is 4.74 Å². The summed E-state index contributed by atoms with van der Waals surface area (Å²) in [6.07, 6.45) is 1.08. The summed E-state index contributed by atoms with van der Waals surface area (Å²) >= 11 is 0. The molecule has 2 nitrogen and oxygen atoms in total. The molecule has 0 aromatic heterocycles. The van der Waals surface area contributed by atoms with Crippen LogP contribution in [-0.2, 0) is 6.18 Å². The number of hydrogen-bond acceptors (Lipinski definition) is 2. The molecule has 2 unspecified atom stereocenters. The van der Waals surface area contributed by atoms with Crippen LogP contribution in [-0.4, -0.2) is 17.3 Å². The summed E-state index contributed by atoms with van der Waals surface area (Å²) in [5.74, 6) is 0.449. The lowest BCUT2D eigenvalue weighted by Gasteiger charge is -2.55. The molecule has 0 saturated heterocycles. The van der Waals surface area contributed by atoms with Crippen molar-refractivity contribution in [2.45, 2.75) is 56.9 Å². The van der Waals surface area contributed by atoms with Gasteiger partial charge in [0.25, 0.3) is 0 Å². The van der Waals surface area contributed by atoms with E-state index in [-0.39, 0.29) is 17.6 Å². The van der Waals surface area contributed by atoms with E-state index in [9.17, 15) is 18.3 Å². The van der Waals surface area contributed by atoms with Crippen LogP contribution in [0.4, 0.5) is 13.2 Å². The molecule has 5 heteroatoms. The normalized spacial score (nSPS) is 28.2. The second-order valence-electron chi connectivity index (χ2n) is 6.17. The lowest BCUT2D eigenvalue weighted by Crippen LogP contribution is -2.60. The summed E-state index contributed by atoms with van der Waals surface area (Å²) in [5, 5.41) is 10.1. The number of aliphatic hydroxyl groups excluding tert-OH is 1. The minimum Gasteiger partial charge on any atom is -0.490 e. The third-order valence-electron chi connectivity index (χ3n) is 4.99. The fourth-order valence-electron chi connectivity index (χ4n) is 3.64.